The van der Waals surface area contributed by atoms with Gasteiger partial charge in [-0.15, -0.1) is 0 Å². The third kappa shape index (κ3) is 5.58. The summed E-state index contributed by atoms with van der Waals surface area (Å²) >= 11 is 0. The summed E-state index contributed by atoms with van der Waals surface area (Å²) in [7, 11) is 0. The third-order valence-electron chi connectivity index (χ3n) is 5.97. The number of carboxylic acid groups (broad SMARTS) is 1. The topological polar surface area (TPSA) is 115 Å². The van der Waals surface area contributed by atoms with Crippen molar-refractivity contribution >= 4 is 34.8 Å². The first kappa shape index (κ1) is 26.1. The Kier molecular flexibility index (Phi) is 7.21. The van der Waals surface area contributed by atoms with Gasteiger partial charge in [0, 0.05) is 68.1 Å². The molecule has 3 N–H and O–H groups in total. The highest BCUT2D eigenvalue weighted by Crippen LogP contribution is 2.37. The molecule has 3 aromatic heterocycles. The van der Waals surface area contributed by atoms with Crippen LogP contribution in [-0.4, -0.2) is 69.9 Å². The van der Waals surface area contributed by atoms with Gasteiger partial charge >= 0.3 is 18.2 Å². The fraction of sp³-hybridized carbons (Fsp3) is 0.391. The summed E-state index contributed by atoms with van der Waals surface area (Å²) in [4.78, 5) is 34.7. The number of imidazole rings is 1. The summed E-state index contributed by atoms with van der Waals surface area (Å²) in [5.74, 6) is -2.56. The third-order valence-corrected chi connectivity index (χ3v) is 5.97. The van der Waals surface area contributed by atoms with Crippen LogP contribution >= 0.6 is 0 Å². The molecule has 3 aromatic rings. The van der Waals surface area contributed by atoms with Crippen molar-refractivity contribution in [3.8, 4) is 0 Å². The smallest absolute Gasteiger partial charge is 0.475 e. The van der Waals surface area contributed by atoms with Gasteiger partial charge in [-0.2, -0.15) is 13.2 Å². The molecule has 37 heavy (non-hydrogen) atoms. The largest absolute Gasteiger partial charge is 0.490 e. The van der Waals surface area contributed by atoms with E-state index in [0.717, 1.165) is 43.9 Å². The molecule has 1 fully saturated rings. The summed E-state index contributed by atoms with van der Waals surface area (Å²) in [6, 6.07) is 2.97. The van der Waals surface area contributed by atoms with E-state index in [9.17, 15) is 22.4 Å². The van der Waals surface area contributed by atoms with Crippen LogP contribution in [0.5, 0.6) is 0 Å². The molecule has 198 valence electrons. The zero-order chi connectivity index (χ0) is 26.9. The highest BCUT2D eigenvalue weighted by atomic mass is 19.4. The van der Waals surface area contributed by atoms with Gasteiger partial charge in [-0.1, -0.05) is 0 Å². The lowest BCUT2D eigenvalue weighted by molar-refractivity contribution is -0.192. The lowest BCUT2D eigenvalue weighted by Gasteiger charge is -2.30. The number of fused-ring (bicyclic) bond motifs is 2. The molecular weight excluding hydrogens is 498 g/mol. The Labute approximate surface area is 208 Å². The maximum absolute atomic E-state index is 14.4. The Balaban J connectivity index is 0.000000405. The van der Waals surface area contributed by atoms with Gasteiger partial charge in [0.25, 0.3) is 0 Å². The van der Waals surface area contributed by atoms with Crippen molar-refractivity contribution in [3.05, 3.63) is 47.8 Å². The minimum atomic E-state index is -5.08. The summed E-state index contributed by atoms with van der Waals surface area (Å²) in [6.07, 6.45) is 0.810. The Hall–Kier alpha value is -3.94. The maximum atomic E-state index is 14.4. The quantitative estimate of drug-likeness (QED) is 0.442. The van der Waals surface area contributed by atoms with E-state index >= 15 is 0 Å². The fourth-order valence-electron chi connectivity index (χ4n) is 4.40. The average Bonchev–Trinajstić information content (AvgIpc) is 3.37. The van der Waals surface area contributed by atoms with E-state index in [1.807, 2.05) is 13.0 Å². The Bertz CT molecular complexity index is 1320. The second-order valence-electron chi connectivity index (χ2n) is 8.72. The number of carbonyl (C=O) groups excluding carboxylic acids is 1. The number of carboxylic acids is 1. The number of nitrogens with one attached hydrogen (secondary N) is 2. The number of hydrogen-bond donors (Lipinski definition) is 3. The van der Waals surface area contributed by atoms with Gasteiger partial charge in [0.05, 0.1) is 11.4 Å². The molecule has 1 saturated heterocycles. The normalized spacial score (nSPS) is 17.3. The van der Waals surface area contributed by atoms with Crippen LogP contribution in [-0.2, 0) is 11.2 Å². The molecule has 1 atom stereocenters. The van der Waals surface area contributed by atoms with Crippen molar-refractivity contribution in [2.45, 2.75) is 32.5 Å². The highest BCUT2D eigenvalue weighted by Gasteiger charge is 2.38. The molecule has 2 aliphatic rings. The van der Waals surface area contributed by atoms with Crippen LogP contribution in [0.3, 0.4) is 0 Å². The second kappa shape index (κ2) is 10.2. The number of aryl methyl sites for hydroxylation is 1. The van der Waals surface area contributed by atoms with Crippen molar-refractivity contribution in [1.82, 2.24) is 19.7 Å². The Morgan fingerprint density at radius 3 is 2.54 bits per heavy atom. The van der Waals surface area contributed by atoms with Crippen LogP contribution in [0.15, 0.2) is 30.7 Å². The van der Waals surface area contributed by atoms with E-state index < -0.39 is 18.0 Å². The van der Waals surface area contributed by atoms with Gasteiger partial charge in [-0.3, -0.25) is 4.90 Å². The van der Waals surface area contributed by atoms with Gasteiger partial charge in [0.2, 0.25) is 0 Å². The number of piperazine rings is 1. The average molecular weight is 523 g/mol. The summed E-state index contributed by atoms with van der Waals surface area (Å²) < 4.78 is 47.7. The minimum absolute atomic E-state index is 0.0411. The van der Waals surface area contributed by atoms with Crippen molar-refractivity contribution in [2.75, 3.05) is 41.3 Å². The van der Waals surface area contributed by atoms with E-state index in [0.29, 0.717) is 17.2 Å². The number of urea groups is 1. The molecule has 1 unspecified atom stereocenters. The number of rotatable bonds is 2. The highest BCUT2D eigenvalue weighted by molar-refractivity contribution is 6.03. The number of anilines is 3. The summed E-state index contributed by atoms with van der Waals surface area (Å²) in [5.41, 5.74) is 3.57. The monoisotopic (exact) mass is 523 g/mol. The molecule has 5 heterocycles. The molecule has 10 nitrogen and oxygen atoms in total. The summed E-state index contributed by atoms with van der Waals surface area (Å²) in [5, 5.41) is 13.3. The molecule has 0 aromatic carbocycles. The number of carbonyl (C=O) groups is 2. The van der Waals surface area contributed by atoms with Gasteiger partial charge < -0.3 is 25.0 Å². The Morgan fingerprint density at radius 1 is 1.22 bits per heavy atom. The molecular formula is C23H25F4N7O3. The maximum Gasteiger partial charge on any atom is 0.490 e. The van der Waals surface area contributed by atoms with Crippen molar-refractivity contribution in [1.29, 1.82) is 0 Å². The minimum Gasteiger partial charge on any atom is -0.475 e. The second-order valence-corrected chi connectivity index (χ2v) is 8.72. The van der Waals surface area contributed by atoms with Crippen molar-refractivity contribution in [3.63, 3.8) is 0 Å². The van der Waals surface area contributed by atoms with Crippen LogP contribution < -0.4 is 20.4 Å². The lowest BCUT2D eigenvalue weighted by atomic mass is 10.1. The predicted octanol–water partition coefficient (Wildman–Crippen LogP) is 3.20. The van der Waals surface area contributed by atoms with E-state index in [-0.39, 0.29) is 17.7 Å². The zero-order valence-electron chi connectivity index (χ0n) is 20.0. The molecule has 0 aliphatic carbocycles. The van der Waals surface area contributed by atoms with Crippen LogP contribution in [0.4, 0.5) is 39.5 Å². The lowest BCUT2D eigenvalue weighted by Crippen LogP contribution is -2.43. The number of amides is 2. The van der Waals surface area contributed by atoms with Gasteiger partial charge in [-0.25, -0.2) is 23.9 Å². The number of aromatic nitrogens is 3. The molecule has 0 saturated carbocycles. The molecule has 0 radical (unpaired) electrons. The van der Waals surface area contributed by atoms with Crippen molar-refractivity contribution < 1.29 is 32.3 Å². The van der Waals surface area contributed by atoms with Crippen LogP contribution in [0.25, 0.3) is 5.65 Å². The zero-order valence-corrected chi connectivity index (χ0v) is 20.0. The number of pyridine rings is 2. The standard InChI is InChI=1S/C21H24FN7O.C2HF3O2/c1-13-11-28-12-15(10-17(22)20(28)25-13)26-21(30)29-14(2)9-16-18(3-4-24-19(16)29)27-7-5-23-6-8-27;3-2(4,5)1(6)7/h3-4,10-12,14,23H,5-9H2,1-2H3,(H,26,30);(H,6,7). The van der Waals surface area contributed by atoms with E-state index in [2.05, 4.69) is 25.5 Å². The molecule has 14 heteroatoms. The first-order chi connectivity index (χ1) is 17.5. The van der Waals surface area contributed by atoms with Crippen LogP contribution in [0, 0.1) is 12.7 Å². The number of halogens is 4. The molecule has 2 amide bonds. The van der Waals surface area contributed by atoms with Crippen molar-refractivity contribution in [2.24, 2.45) is 0 Å². The molecule has 0 spiro atoms. The number of nitrogens with zero attached hydrogens (tertiary/aromatic N) is 5. The number of aliphatic carboxylic acids is 1. The van der Waals surface area contributed by atoms with E-state index in [4.69, 9.17) is 9.90 Å². The van der Waals surface area contributed by atoms with Gasteiger partial charge in [0.15, 0.2) is 11.5 Å². The van der Waals surface area contributed by atoms with Gasteiger partial charge in [0.1, 0.15) is 5.82 Å². The predicted molar refractivity (Wildman–Crippen MR) is 128 cm³/mol. The molecule has 0 bridgehead atoms. The SMILES string of the molecule is Cc1cn2cc(NC(=O)N3c4nccc(N5CCNCC5)c4CC3C)cc(F)c2n1.O=C(O)C(F)(F)F. The molecule has 5 rings (SSSR count). The number of alkyl halides is 3. The van der Waals surface area contributed by atoms with E-state index in [1.54, 1.807) is 34.8 Å². The summed E-state index contributed by atoms with van der Waals surface area (Å²) in [6.45, 7) is 7.56. The first-order valence-electron chi connectivity index (χ1n) is 11.4. The van der Waals surface area contributed by atoms with Crippen LogP contribution in [0.1, 0.15) is 18.2 Å². The number of hydrogen-bond acceptors (Lipinski definition) is 6. The molecule has 2 aliphatic heterocycles. The van der Waals surface area contributed by atoms with E-state index in [1.165, 1.54) is 6.07 Å². The Morgan fingerprint density at radius 2 is 1.89 bits per heavy atom. The first-order valence-corrected chi connectivity index (χ1v) is 11.4. The fourth-order valence-corrected chi connectivity index (χ4v) is 4.40. The van der Waals surface area contributed by atoms with Crippen LogP contribution in [0.2, 0.25) is 0 Å². The van der Waals surface area contributed by atoms with Gasteiger partial charge in [-0.05, 0) is 26.3 Å².